The second kappa shape index (κ2) is 9.09. The van der Waals surface area contributed by atoms with Crippen LogP contribution >= 0.6 is 11.8 Å². The standard InChI is InChI=1S/C20H24F3N7O3S2/c1-11(31)28-5-7-29(8-6-28)15-14(21)13(35(32,33)27-20(2)3-4-20)10-30-12(9-26-19(15)30)17(24)34-18(25)16(22)23/h9-10,16,24-25,27H,3-8H2,1-2H3/p+1. The van der Waals surface area contributed by atoms with E-state index in [4.69, 9.17) is 10.8 Å². The van der Waals surface area contributed by atoms with Crippen molar-refractivity contribution in [1.82, 2.24) is 19.0 Å². The number of nitrogens with one attached hydrogen (secondary N) is 2. The number of carbonyl (C=O) groups excluding carboxylic acids is 1. The molecule has 0 unspecified atom stereocenters. The van der Waals surface area contributed by atoms with Crippen LogP contribution in [0.5, 0.6) is 0 Å². The van der Waals surface area contributed by atoms with Crippen LogP contribution in [0.4, 0.5) is 18.9 Å². The van der Waals surface area contributed by atoms with Gasteiger partial charge in [0.15, 0.2) is 11.5 Å². The second-order valence-electron chi connectivity index (χ2n) is 8.79. The van der Waals surface area contributed by atoms with E-state index in [1.807, 2.05) is 0 Å². The number of rotatable bonds is 6. The third-order valence-corrected chi connectivity index (χ3v) is 8.51. The average molecular weight is 533 g/mol. The van der Waals surface area contributed by atoms with E-state index in [1.54, 1.807) is 16.7 Å². The van der Waals surface area contributed by atoms with Crippen LogP contribution in [0.1, 0.15) is 32.4 Å². The van der Waals surface area contributed by atoms with Crippen LogP contribution in [0.25, 0.3) is 5.65 Å². The van der Waals surface area contributed by atoms with Crippen molar-refractivity contribution < 1.29 is 31.8 Å². The number of nitrogens with zero attached hydrogens (tertiary/aromatic N) is 4. The third kappa shape index (κ3) is 5.02. The molecule has 2 fully saturated rings. The number of anilines is 1. The summed E-state index contributed by atoms with van der Waals surface area (Å²) in [6.07, 6.45) is 0.436. The van der Waals surface area contributed by atoms with Crippen LogP contribution < -0.4 is 15.0 Å². The molecule has 2 aromatic rings. The molecule has 0 atom stereocenters. The minimum atomic E-state index is -4.31. The number of carbonyl (C=O) groups is 1. The normalized spacial score (nSPS) is 17.8. The Morgan fingerprint density at radius 3 is 2.46 bits per heavy atom. The van der Waals surface area contributed by atoms with Crippen molar-refractivity contribution in [2.75, 3.05) is 31.1 Å². The predicted octanol–water partition coefficient (Wildman–Crippen LogP) is 0.454. The molecular formula is C20H25F3N7O3S2+. The third-order valence-electron chi connectivity index (χ3n) is 6.06. The van der Waals surface area contributed by atoms with Crippen molar-refractivity contribution in [3.8, 4) is 0 Å². The number of fused-ring (bicyclic) bond motifs is 1. The Labute approximate surface area is 203 Å². The van der Waals surface area contributed by atoms with Crippen LogP contribution in [0.3, 0.4) is 0 Å². The van der Waals surface area contributed by atoms with Gasteiger partial charge in [-0.05, 0) is 19.8 Å². The molecule has 2 aliphatic rings. The highest BCUT2D eigenvalue weighted by Crippen LogP contribution is 2.38. The summed E-state index contributed by atoms with van der Waals surface area (Å²) in [7, 11) is -4.31. The first-order valence-corrected chi connectivity index (χ1v) is 13.0. The SMILES string of the molecule is CC(=O)N1CCN(c2c(F)c(S(=O)(=O)NC3(C)CC3)cn3c(C(=N)SC(=[NH2+])C(F)F)cnc23)CC1. The molecule has 0 radical (unpaired) electrons. The van der Waals surface area contributed by atoms with E-state index in [-0.39, 0.29) is 36.0 Å². The predicted molar refractivity (Wildman–Crippen MR) is 125 cm³/mol. The Morgan fingerprint density at radius 1 is 1.29 bits per heavy atom. The van der Waals surface area contributed by atoms with Gasteiger partial charge in [0.25, 0.3) is 5.04 Å². The van der Waals surface area contributed by atoms with Gasteiger partial charge in [-0.15, -0.1) is 0 Å². The number of piperazine rings is 1. The Balaban J connectivity index is 1.83. The smallest absolute Gasteiger partial charge is 0.327 e. The van der Waals surface area contributed by atoms with Gasteiger partial charge in [-0.25, -0.2) is 27.9 Å². The molecule has 15 heteroatoms. The summed E-state index contributed by atoms with van der Waals surface area (Å²) >= 11 is 0.313. The van der Waals surface area contributed by atoms with Crippen molar-refractivity contribution in [1.29, 1.82) is 5.41 Å². The molecule has 2 aromatic heterocycles. The van der Waals surface area contributed by atoms with Gasteiger partial charge in [0, 0.05) is 56.6 Å². The average Bonchev–Trinajstić information content (AvgIpc) is 3.33. The lowest BCUT2D eigenvalue weighted by Crippen LogP contribution is -2.48. The zero-order valence-electron chi connectivity index (χ0n) is 19.0. The number of sulfonamides is 1. The molecule has 0 spiro atoms. The number of thioether (sulfide) groups is 1. The number of pyridine rings is 1. The maximum Gasteiger partial charge on any atom is 0.327 e. The lowest BCUT2D eigenvalue weighted by molar-refractivity contribution is -0.129. The molecule has 1 aliphatic carbocycles. The molecule has 0 aromatic carbocycles. The summed E-state index contributed by atoms with van der Waals surface area (Å²) in [6.45, 7) is 4.18. The van der Waals surface area contributed by atoms with Gasteiger partial charge in [-0.1, -0.05) is 0 Å². The molecule has 1 amide bonds. The van der Waals surface area contributed by atoms with Crippen molar-refractivity contribution >= 4 is 49.1 Å². The topological polar surface area (TPSA) is 136 Å². The minimum Gasteiger partial charge on any atom is -0.363 e. The molecule has 1 saturated carbocycles. The first kappa shape index (κ1) is 25.4. The van der Waals surface area contributed by atoms with Gasteiger partial charge >= 0.3 is 6.43 Å². The van der Waals surface area contributed by atoms with Gasteiger partial charge < -0.3 is 9.80 Å². The molecule has 1 aliphatic heterocycles. The van der Waals surface area contributed by atoms with E-state index in [1.165, 1.54) is 17.5 Å². The quantitative estimate of drug-likeness (QED) is 0.365. The van der Waals surface area contributed by atoms with Gasteiger partial charge in [-0.2, -0.15) is 8.78 Å². The summed E-state index contributed by atoms with van der Waals surface area (Å²) in [5, 5.41) is 12.3. The van der Waals surface area contributed by atoms with Gasteiger partial charge in [-0.3, -0.25) is 14.6 Å². The number of nitrogens with two attached hydrogens (primary N) is 1. The fourth-order valence-corrected chi connectivity index (χ4v) is 5.94. The van der Waals surface area contributed by atoms with E-state index >= 15 is 4.39 Å². The van der Waals surface area contributed by atoms with E-state index < -0.39 is 42.8 Å². The zero-order valence-corrected chi connectivity index (χ0v) is 20.6. The maximum absolute atomic E-state index is 15.9. The summed E-state index contributed by atoms with van der Waals surface area (Å²) in [4.78, 5) is 18.4. The Bertz CT molecular complexity index is 1320. The molecule has 4 rings (SSSR count). The van der Waals surface area contributed by atoms with E-state index in [2.05, 4.69) is 9.71 Å². The number of hydrogen-bond acceptors (Lipinski definition) is 7. The van der Waals surface area contributed by atoms with Crippen LogP contribution in [0, 0.1) is 11.2 Å². The molecule has 35 heavy (non-hydrogen) atoms. The van der Waals surface area contributed by atoms with Crippen LogP contribution in [-0.2, 0) is 14.8 Å². The lowest BCUT2D eigenvalue weighted by atomic mass is 10.2. The van der Waals surface area contributed by atoms with E-state index in [0.29, 0.717) is 37.7 Å². The van der Waals surface area contributed by atoms with Gasteiger partial charge in [0.1, 0.15) is 15.6 Å². The summed E-state index contributed by atoms with van der Waals surface area (Å²) in [5.41, 5.74) is -0.779. The molecule has 1 saturated heterocycles. The Kier molecular flexibility index (Phi) is 6.61. The fourth-order valence-electron chi connectivity index (χ4n) is 3.82. The summed E-state index contributed by atoms with van der Waals surface area (Å²) in [6, 6.07) is 0. The van der Waals surface area contributed by atoms with Crippen LogP contribution in [0.2, 0.25) is 0 Å². The largest absolute Gasteiger partial charge is 0.363 e. The highest BCUT2D eigenvalue weighted by Gasteiger charge is 2.43. The van der Waals surface area contributed by atoms with Crippen LogP contribution in [-0.4, -0.2) is 76.8 Å². The first-order valence-electron chi connectivity index (χ1n) is 10.7. The fraction of sp³-hybridized carbons (Fsp3) is 0.500. The molecule has 190 valence electrons. The highest BCUT2D eigenvalue weighted by atomic mass is 32.2. The van der Waals surface area contributed by atoms with E-state index in [9.17, 15) is 22.0 Å². The molecular weight excluding hydrogens is 507 g/mol. The monoisotopic (exact) mass is 532 g/mol. The summed E-state index contributed by atoms with van der Waals surface area (Å²) < 4.78 is 71.7. The number of amides is 1. The zero-order chi connectivity index (χ0) is 25.7. The first-order chi connectivity index (χ1) is 16.3. The number of hydrogen-bond donors (Lipinski definition) is 3. The second-order valence-corrected chi connectivity index (χ2v) is 11.5. The number of imidazole rings is 1. The minimum absolute atomic E-state index is 0.0197. The summed E-state index contributed by atoms with van der Waals surface area (Å²) in [5.74, 6) is -1.14. The van der Waals surface area contributed by atoms with Crippen molar-refractivity contribution in [3.05, 3.63) is 23.9 Å². The Morgan fingerprint density at radius 2 is 1.91 bits per heavy atom. The number of aromatic nitrogens is 2. The number of alkyl halides is 2. The molecule has 4 N–H and O–H groups in total. The number of halogens is 3. The highest BCUT2D eigenvalue weighted by molar-refractivity contribution is 8.26. The van der Waals surface area contributed by atoms with Crippen molar-refractivity contribution in [3.63, 3.8) is 0 Å². The van der Waals surface area contributed by atoms with Gasteiger partial charge in [0.05, 0.1) is 11.9 Å². The Hall–Kier alpha value is -2.65. The molecule has 3 heterocycles. The van der Waals surface area contributed by atoms with Crippen LogP contribution in [0.15, 0.2) is 17.3 Å². The van der Waals surface area contributed by atoms with Crippen molar-refractivity contribution in [2.45, 2.75) is 43.5 Å². The maximum atomic E-state index is 15.9. The van der Waals surface area contributed by atoms with Gasteiger partial charge in [0.2, 0.25) is 15.9 Å². The van der Waals surface area contributed by atoms with Crippen molar-refractivity contribution in [2.24, 2.45) is 0 Å². The molecule has 0 bridgehead atoms. The van der Waals surface area contributed by atoms with E-state index in [0.717, 1.165) is 6.20 Å². The molecule has 10 nitrogen and oxygen atoms in total. The lowest BCUT2D eigenvalue weighted by Gasteiger charge is -2.36.